The van der Waals surface area contributed by atoms with Gasteiger partial charge in [-0.2, -0.15) is 0 Å². The first-order valence-corrected chi connectivity index (χ1v) is 8.83. The third-order valence-corrected chi connectivity index (χ3v) is 5.43. The number of likely N-dealkylation sites (tertiary alicyclic amines) is 1. The van der Waals surface area contributed by atoms with E-state index < -0.39 is 28.7 Å². The Morgan fingerprint density at radius 3 is 2.28 bits per heavy atom. The van der Waals surface area contributed by atoms with Gasteiger partial charge in [-0.15, -0.1) is 11.6 Å². The third-order valence-electron chi connectivity index (χ3n) is 4.78. The van der Waals surface area contributed by atoms with E-state index in [9.17, 15) is 14.4 Å². The van der Waals surface area contributed by atoms with Crippen LogP contribution < -0.4 is 5.73 Å². The average molecular weight is 365 g/mol. The summed E-state index contributed by atoms with van der Waals surface area (Å²) in [4.78, 5) is 38.4. The second-order valence-electron chi connectivity index (χ2n) is 7.76. The highest BCUT2D eigenvalue weighted by molar-refractivity contribution is 6.21. The van der Waals surface area contributed by atoms with E-state index in [1.54, 1.807) is 20.8 Å². The Kier molecular flexibility index (Phi) is 5.57. The van der Waals surface area contributed by atoms with Gasteiger partial charge in [0.1, 0.15) is 6.04 Å². The fraction of sp³-hybridized carbons (Fsp3) is 0.526. The molecule has 1 fully saturated rings. The Labute approximate surface area is 153 Å². The van der Waals surface area contributed by atoms with Gasteiger partial charge >= 0.3 is 0 Å². The standard InChI is InChI=1S/C19H25ClN2O3/c1-11(15(20)12-8-6-5-7-9-12)13-10-14(23)22(18(13)25)16(17(21)24)19(2,3)4/h5-9,11,13,15-16H,10H2,1-4H3,(H2,21,24)/t11?,13-,15?,16-/m1/s1. The number of hydrogen-bond acceptors (Lipinski definition) is 3. The summed E-state index contributed by atoms with van der Waals surface area (Å²) in [6.07, 6.45) is 0.0515. The fourth-order valence-corrected chi connectivity index (χ4v) is 3.76. The lowest BCUT2D eigenvalue weighted by atomic mass is 9.84. The molecule has 2 rings (SSSR count). The summed E-state index contributed by atoms with van der Waals surface area (Å²) in [5.41, 5.74) is 5.76. The predicted molar refractivity (Wildman–Crippen MR) is 96.6 cm³/mol. The number of hydrogen-bond donors (Lipinski definition) is 1. The van der Waals surface area contributed by atoms with Crippen molar-refractivity contribution in [2.75, 3.05) is 0 Å². The van der Waals surface area contributed by atoms with Crippen molar-refractivity contribution in [2.24, 2.45) is 23.0 Å². The molecule has 2 unspecified atom stereocenters. The maximum absolute atomic E-state index is 12.9. The number of imide groups is 1. The minimum atomic E-state index is -0.963. The number of primary amides is 1. The summed E-state index contributed by atoms with van der Waals surface area (Å²) < 4.78 is 0. The lowest BCUT2D eigenvalue weighted by Crippen LogP contribution is -2.54. The summed E-state index contributed by atoms with van der Waals surface area (Å²) in [7, 11) is 0. The zero-order chi connectivity index (χ0) is 18.9. The molecular formula is C19H25ClN2O3. The molecule has 3 amide bonds. The van der Waals surface area contributed by atoms with E-state index in [0.717, 1.165) is 10.5 Å². The van der Waals surface area contributed by atoms with Gasteiger partial charge in [-0.05, 0) is 16.9 Å². The van der Waals surface area contributed by atoms with Gasteiger partial charge in [0, 0.05) is 6.42 Å². The monoisotopic (exact) mass is 364 g/mol. The van der Waals surface area contributed by atoms with E-state index in [0.29, 0.717) is 0 Å². The van der Waals surface area contributed by atoms with E-state index >= 15 is 0 Å². The third kappa shape index (κ3) is 3.87. The van der Waals surface area contributed by atoms with Crippen LogP contribution in [0.4, 0.5) is 0 Å². The fourth-order valence-electron chi connectivity index (χ4n) is 3.44. The first kappa shape index (κ1) is 19.4. The molecule has 1 heterocycles. The zero-order valence-corrected chi connectivity index (χ0v) is 15.8. The Morgan fingerprint density at radius 1 is 1.24 bits per heavy atom. The van der Waals surface area contributed by atoms with Gasteiger partial charge in [0.2, 0.25) is 17.7 Å². The maximum atomic E-state index is 12.9. The molecule has 4 atom stereocenters. The van der Waals surface area contributed by atoms with Crippen LogP contribution in [-0.2, 0) is 14.4 Å². The lowest BCUT2D eigenvalue weighted by Gasteiger charge is -2.34. The first-order chi connectivity index (χ1) is 11.6. The van der Waals surface area contributed by atoms with Crippen LogP contribution in [0.2, 0.25) is 0 Å². The van der Waals surface area contributed by atoms with E-state index in [1.807, 2.05) is 37.3 Å². The minimum Gasteiger partial charge on any atom is -0.368 e. The average Bonchev–Trinajstić information content (AvgIpc) is 2.81. The van der Waals surface area contributed by atoms with Crippen LogP contribution in [0, 0.1) is 17.3 Å². The summed E-state index contributed by atoms with van der Waals surface area (Å²) in [5.74, 6) is -2.21. The normalized spacial score (nSPS) is 22.0. The van der Waals surface area contributed by atoms with Gasteiger partial charge in [-0.1, -0.05) is 58.0 Å². The van der Waals surface area contributed by atoms with Crippen molar-refractivity contribution in [3.63, 3.8) is 0 Å². The molecule has 0 radical (unpaired) electrons. The number of alkyl halides is 1. The maximum Gasteiger partial charge on any atom is 0.241 e. The molecule has 2 N–H and O–H groups in total. The SMILES string of the molecule is CC(C(Cl)c1ccccc1)[C@H]1CC(=O)N([C@H](C(N)=O)C(C)(C)C)C1=O. The highest BCUT2D eigenvalue weighted by atomic mass is 35.5. The number of nitrogens with two attached hydrogens (primary N) is 1. The number of amides is 3. The number of carbonyl (C=O) groups excluding carboxylic acids is 3. The molecular weight excluding hydrogens is 340 g/mol. The van der Waals surface area contributed by atoms with Crippen molar-refractivity contribution >= 4 is 29.3 Å². The van der Waals surface area contributed by atoms with Crippen LogP contribution >= 0.6 is 11.6 Å². The molecule has 1 saturated heterocycles. The molecule has 25 heavy (non-hydrogen) atoms. The number of rotatable bonds is 5. The van der Waals surface area contributed by atoms with Crippen molar-refractivity contribution in [1.29, 1.82) is 0 Å². The van der Waals surface area contributed by atoms with E-state index in [4.69, 9.17) is 17.3 Å². The number of benzene rings is 1. The lowest BCUT2D eigenvalue weighted by molar-refractivity contribution is -0.150. The molecule has 1 aliphatic heterocycles. The highest BCUT2D eigenvalue weighted by Gasteiger charge is 2.50. The molecule has 1 aliphatic rings. The molecule has 1 aromatic carbocycles. The summed E-state index contributed by atoms with van der Waals surface area (Å²) >= 11 is 6.56. The molecule has 0 bridgehead atoms. The van der Waals surface area contributed by atoms with Gasteiger partial charge in [0.25, 0.3) is 0 Å². The van der Waals surface area contributed by atoms with Crippen molar-refractivity contribution in [2.45, 2.75) is 45.5 Å². The first-order valence-electron chi connectivity index (χ1n) is 8.40. The number of carbonyl (C=O) groups is 3. The second-order valence-corrected chi connectivity index (χ2v) is 8.23. The van der Waals surface area contributed by atoms with Gasteiger partial charge < -0.3 is 5.73 Å². The second kappa shape index (κ2) is 7.16. The molecule has 1 aromatic rings. The van der Waals surface area contributed by atoms with E-state index in [-0.39, 0.29) is 24.2 Å². The Morgan fingerprint density at radius 2 is 1.80 bits per heavy atom. The number of nitrogens with zero attached hydrogens (tertiary/aromatic N) is 1. The quantitative estimate of drug-likeness (QED) is 0.644. The van der Waals surface area contributed by atoms with Crippen LogP contribution in [0.1, 0.15) is 45.1 Å². The molecule has 5 nitrogen and oxygen atoms in total. The topological polar surface area (TPSA) is 80.5 Å². The molecule has 0 aromatic heterocycles. The van der Waals surface area contributed by atoms with Crippen molar-refractivity contribution in [1.82, 2.24) is 4.90 Å². The molecule has 6 heteroatoms. The smallest absolute Gasteiger partial charge is 0.241 e. The Bertz CT molecular complexity index is 669. The van der Waals surface area contributed by atoms with Gasteiger partial charge in [0.15, 0.2) is 0 Å². The molecule has 0 spiro atoms. The summed E-state index contributed by atoms with van der Waals surface area (Å²) in [6.45, 7) is 7.22. The zero-order valence-electron chi connectivity index (χ0n) is 15.0. The highest BCUT2D eigenvalue weighted by Crippen LogP contribution is 2.40. The van der Waals surface area contributed by atoms with Crippen molar-refractivity contribution in [3.05, 3.63) is 35.9 Å². The van der Waals surface area contributed by atoms with Crippen LogP contribution in [0.15, 0.2) is 30.3 Å². The summed E-state index contributed by atoms with van der Waals surface area (Å²) in [5, 5.41) is -0.399. The van der Waals surface area contributed by atoms with Crippen LogP contribution in [0.5, 0.6) is 0 Å². The molecule has 0 aliphatic carbocycles. The minimum absolute atomic E-state index is 0.0515. The van der Waals surface area contributed by atoms with Gasteiger partial charge in [0.05, 0.1) is 11.3 Å². The Balaban J connectivity index is 2.27. The number of halogens is 1. The van der Waals surface area contributed by atoms with Crippen LogP contribution in [0.25, 0.3) is 0 Å². The van der Waals surface area contributed by atoms with Gasteiger partial charge in [-0.3, -0.25) is 19.3 Å². The van der Waals surface area contributed by atoms with Crippen molar-refractivity contribution in [3.8, 4) is 0 Å². The van der Waals surface area contributed by atoms with Gasteiger partial charge in [-0.25, -0.2) is 0 Å². The molecule has 0 saturated carbocycles. The molecule has 136 valence electrons. The summed E-state index contributed by atoms with van der Waals surface area (Å²) in [6, 6.07) is 8.49. The predicted octanol–water partition coefficient (Wildman–Crippen LogP) is 2.88. The van der Waals surface area contributed by atoms with Crippen molar-refractivity contribution < 1.29 is 14.4 Å². The van der Waals surface area contributed by atoms with E-state index in [1.165, 1.54) is 0 Å². The van der Waals surface area contributed by atoms with E-state index in [2.05, 4.69) is 0 Å². The largest absolute Gasteiger partial charge is 0.368 e. The Hall–Kier alpha value is -1.88. The van der Waals surface area contributed by atoms with Crippen LogP contribution in [-0.4, -0.2) is 28.7 Å². The van der Waals surface area contributed by atoms with Crippen LogP contribution in [0.3, 0.4) is 0 Å².